The van der Waals surface area contributed by atoms with Gasteiger partial charge in [-0.1, -0.05) is 30.3 Å². The number of likely N-dealkylation sites (N-methyl/N-ethyl adjacent to an activating group) is 1. The van der Waals surface area contributed by atoms with Gasteiger partial charge in [-0.3, -0.25) is 24.7 Å². The van der Waals surface area contributed by atoms with E-state index in [2.05, 4.69) is 15.6 Å². The molecule has 0 aromatic heterocycles. The van der Waals surface area contributed by atoms with Gasteiger partial charge in [-0.15, -0.1) is 0 Å². The van der Waals surface area contributed by atoms with E-state index in [1.807, 2.05) is 23.1 Å². The average molecular weight is 442 g/mol. The smallest absolute Gasteiger partial charge is 0.261 e. The second-order valence-corrected chi connectivity index (χ2v) is 7.90. The molecule has 0 bridgehead atoms. The number of fused-ring (bicyclic) bond motifs is 1. The number of nitrogens with zero attached hydrogens (tertiary/aromatic N) is 2. The SMILES string of the molecule is CNC(=O)C1Cc2cccc3c2N1C=CN=C3C1=C(c2cccc3c2OCO3)C(=O)NC1=O. The molecular weight excluding hydrogens is 424 g/mol. The van der Waals surface area contributed by atoms with E-state index in [4.69, 9.17) is 9.47 Å². The zero-order chi connectivity index (χ0) is 22.7. The van der Waals surface area contributed by atoms with Crippen LogP contribution in [0.1, 0.15) is 16.7 Å². The van der Waals surface area contributed by atoms with Crippen LogP contribution in [0.4, 0.5) is 5.69 Å². The lowest BCUT2D eigenvalue weighted by molar-refractivity contribution is -0.123. The summed E-state index contributed by atoms with van der Waals surface area (Å²) in [5.41, 5.74) is 3.60. The minimum absolute atomic E-state index is 0.0379. The Labute approximate surface area is 188 Å². The highest BCUT2D eigenvalue weighted by atomic mass is 16.7. The van der Waals surface area contributed by atoms with Gasteiger partial charge in [-0.25, -0.2) is 0 Å². The monoisotopic (exact) mass is 442 g/mol. The fraction of sp³-hybridized carbons (Fsp3) is 0.167. The molecule has 9 heteroatoms. The van der Waals surface area contributed by atoms with Crippen LogP contribution in [0.15, 0.2) is 59.4 Å². The van der Waals surface area contributed by atoms with Crippen LogP contribution in [0.3, 0.4) is 0 Å². The third-order valence-electron chi connectivity index (χ3n) is 6.20. The van der Waals surface area contributed by atoms with Crippen LogP contribution in [-0.4, -0.2) is 43.3 Å². The van der Waals surface area contributed by atoms with Gasteiger partial charge in [0.05, 0.1) is 22.5 Å². The third-order valence-corrected chi connectivity index (χ3v) is 6.20. The summed E-state index contributed by atoms with van der Waals surface area (Å²) >= 11 is 0. The standard InChI is InChI=1S/C24H18N4O5/c1-25-22(29)15-10-12-4-2-6-14-19(26-8-9-28(15)20(12)14)18-17(23(30)27-24(18)31)13-5-3-7-16-21(13)33-11-32-16/h2-9,15H,10-11H2,1H3,(H,25,29)(H,27,30,31). The Morgan fingerprint density at radius 1 is 1.09 bits per heavy atom. The summed E-state index contributed by atoms with van der Waals surface area (Å²) in [6.45, 7) is 0.0379. The molecule has 1 atom stereocenters. The molecule has 2 aromatic carbocycles. The summed E-state index contributed by atoms with van der Waals surface area (Å²) in [6.07, 6.45) is 3.80. The predicted molar refractivity (Wildman–Crippen MR) is 119 cm³/mol. The highest BCUT2D eigenvalue weighted by molar-refractivity contribution is 6.48. The number of carbonyl (C=O) groups is 3. The van der Waals surface area contributed by atoms with E-state index in [0.29, 0.717) is 34.8 Å². The summed E-state index contributed by atoms with van der Waals surface area (Å²) in [5, 5.41) is 5.11. The number of aliphatic imine (C=N–C) groups is 1. The van der Waals surface area contributed by atoms with Crippen molar-refractivity contribution in [2.24, 2.45) is 4.99 Å². The zero-order valence-corrected chi connectivity index (χ0v) is 17.5. The largest absolute Gasteiger partial charge is 0.454 e. The number of carbonyl (C=O) groups excluding carboxylic acids is 3. The van der Waals surface area contributed by atoms with Crippen molar-refractivity contribution in [3.63, 3.8) is 0 Å². The zero-order valence-electron chi connectivity index (χ0n) is 17.5. The summed E-state index contributed by atoms with van der Waals surface area (Å²) < 4.78 is 11.1. The molecule has 4 aliphatic rings. The molecule has 1 unspecified atom stereocenters. The first-order valence-corrected chi connectivity index (χ1v) is 10.4. The number of para-hydroxylation sites is 2. The molecule has 164 valence electrons. The number of ether oxygens (including phenoxy) is 2. The van der Waals surface area contributed by atoms with Crippen molar-refractivity contribution in [3.05, 3.63) is 71.1 Å². The van der Waals surface area contributed by atoms with E-state index >= 15 is 0 Å². The van der Waals surface area contributed by atoms with Crippen molar-refractivity contribution in [2.75, 3.05) is 18.7 Å². The molecule has 0 fully saturated rings. The van der Waals surface area contributed by atoms with Crippen LogP contribution in [-0.2, 0) is 20.8 Å². The lowest BCUT2D eigenvalue weighted by Crippen LogP contribution is -2.41. The molecule has 33 heavy (non-hydrogen) atoms. The van der Waals surface area contributed by atoms with Crippen LogP contribution in [0.5, 0.6) is 11.5 Å². The first-order chi connectivity index (χ1) is 16.1. The quantitative estimate of drug-likeness (QED) is 0.693. The van der Waals surface area contributed by atoms with E-state index in [0.717, 1.165) is 11.3 Å². The molecule has 0 saturated carbocycles. The highest BCUT2D eigenvalue weighted by Gasteiger charge is 2.41. The highest BCUT2D eigenvalue weighted by Crippen LogP contribution is 2.43. The molecule has 3 amide bonds. The minimum atomic E-state index is -0.537. The van der Waals surface area contributed by atoms with Crippen molar-refractivity contribution in [1.29, 1.82) is 0 Å². The first kappa shape index (κ1) is 19.3. The molecule has 0 radical (unpaired) electrons. The lowest BCUT2D eigenvalue weighted by Gasteiger charge is -2.23. The maximum atomic E-state index is 13.0. The Balaban J connectivity index is 1.56. The van der Waals surface area contributed by atoms with E-state index in [1.54, 1.807) is 37.6 Å². The molecule has 0 aliphatic carbocycles. The molecule has 0 saturated heterocycles. The van der Waals surface area contributed by atoms with Gasteiger partial charge < -0.3 is 19.7 Å². The van der Waals surface area contributed by atoms with Crippen LogP contribution in [0.25, 0.3) is 5.57 Å². The van der Waals surface area contributed by atoms with Crippen molar-refractivity contribution < 1.29 is 23.9 Å². The molecular formula is C24H18N4O5. The van der Waals surface area contributed by atoms with Crippen molar-refractivity contribution >= 4 is 34.7 Å². The van der Waals surface area contributed by atoms with Gasteiger partial charge in [0.15, 0.2) is 11.5 Å². The normalized spacial score (nSPS) is 20.0. The Kier molecular flexibility index (Phi) is 4.13. The van der Waals surface area contributed by atoms with Gasteiger partial charge in [0.2, 0.25) is 12.7 Å². The summed E-state index contributed by atoms with van der Waals surface area (Å²) in [5.74, 6) is -0.252. The number of anilines is 1. The molecule has 2 N–H and O–H groups in total. The van der Waals surface area contributed by atoms with Crippen LogP contribution in [0.2, 0.25) is 0 Å². The number of nitrogens with one attached hydrogen (secondary N) is 2. The number of amides is 3. The van der Waals surface area contributed by atoms with Crippen molar-refractivity contribution in [1.82, 2.24) is 10.6 Å². The molecule has 0 spiro atoms. The van der Waals surface area contributed by atoms with E-state index in [9.17, 15) is 14.4 Å². The summed E-state index contributed by atoms with van der Waals surface area (Å²) in [4.78, 5) is 44.9. The Morgan fingerprint density at radius 3 is 2.73 bits per heavy atom. The van der Waals surface area contributed by atoms with Gasteiger partial charge in [-0.2, -0.15) is 0 Å². The third kappa shape index (κ3) is 2.72. The van der Waals surface area contributed by atoms with Crippen LogP contribution in [0, 0.1) is 0 Å². The number of hydrogen-bond donors (Lipinski definition) is 2. The lowest BCUT2D eigenvalue weighted by atomic mass is 9.92. The Morgan fingerprint density at radius 2 is 1.88 bits per heavy atom. The van der Waals surface area contributed by atoms with Crippen molar-refractivity contribution in [2.45, 2.75) is 12.5 Å². The predicted octanol–water partition coefficient (Wildman–Crippen LogP) is 1.28. The van der Waals surface area contributed by atoms with Gasteiger partial charge in [-0.05, 0) is 11.6 Å². The molecule has 6 rings (SSSR count). The molecule has 2 aromatic rings. The van der Waals surface area contributed by atoms with E-state index in [1.165, 1.54) is 0 Å². The van der Waals surface area contributed by atoms with Gasteiger partial charge >= 0.3 is 0 Å². The number of imide groups is 1. The van der Waals surface area contributed by atoms with Gasteiger partial charge in [0, 0.05) is 37.0 Å². The minimum Gasteiger partial charge on any atom is -0.454 e. The number of rotatable bonds is 3. The molecule has 4 heterocycles. The van der Waals surface area contributed by atoms with E-state index < -0.39 is 17.9 Å². The fourth-order valence-corrected chi connectivity index (χ4v) is 4.79. The van der Waals surface area contributed by atoms with E-state index in [-0.39, 0.29) is 23.8 Å². The Hall–Kier alpha value is -4.40. The molecule has 4 aliphatic heterocycles. The van der Waals surface area contributed by atoms with Gasteiger partial charge in [0.25, 0.3) is 11.8 Å². The summed E-state index contributed by atoms with van der Waals surface area (Å²) in [6, 6.07) is 10.5. The molecule has 9 nitrogen and oxygen atoms in total. The van der Waals surface area contributed by atoms with Crippen molar-refractivity contribution in [3.8, 4) is 11.5 Å². The fourth-order valence-electron chi connectivity index (χ4n) is 4.79. The van der Waals surface area contributed by atoms with Gasteiger partial charge in [0.1, 0.15) is 6.04 Å². The topological polar surface area (TPSA) is 109 Å². The summed E-state index contributed by atoms with van der Waals surface area (Å²) in [7, 11) is 1.60. The number of hydrogen-bond acceptors (Lipinski definition) is 7. The number of benzene rings is 2. The second kappa shape index (κ2) is 7.06. The van der Waals surface area contributed by atoms with Crippen LogP contribution >= 0.6 is 0 Å². The maximum absolute atomic E-state index is 13.0. The second-order valence-electron chi connectivity index (χ2n) is 7.90. The average Bonchev–Trinajstić information content (AvgIpc) is 3.48. The first-order valence-electron chi connectivity index (χ1n) is 10.4. The maximum Gasteiger partial charge on any atom is 0.261 e. The van der Waals surface area contributed by atoms with Crippen LogP contribution < -0.4 is 25.0 Å². The Bertz CT molecular complexity index is 1360.